The average Bonchev–Trinajstić information content (AvgIpc) is 3.35. The molecule has 0 aromatic carbocycles. The average molecular weight is 367 g/mol. The van der Waals surface area contributed by atoms with Gasteiger partial charge in [-0.3, -0.25) is 9.78 Å². The van der Waals surface area contributed by atoms with Crippen molar-refractivity contribution < 1.29 is 4.79 Å². The zero-order valence-corrected chi connectivity index (χ0v) is 15.3. The van der Waals surface area contributed by atoms with Gasteiger partial charge in [0.05, 0.1) is 24.2 Å². The molecule has 134 valence electrons. The van der Waals surface area contributed by atoms with Crippen LogP contribution < -0.4 is 0 Å². The van der Waals surface area contributed by atoms with Crippen molar-refractivity contribution in [1.29, 1.82) is 0 Å². The third-order valence-corrected chi connectivity index (χ3v) is 5.42. The van der Waals surface area contributed by atoms with E-state index in [1.807, 2.05) is 34.9 Å². The van der Waals surface area contributed by atoms with Crippen LogP contribution >= 0.6 is 11.3 Å². The van der Waals surface area contributed by atoms with Gasteiger partial charge in [-0.05, 0) is 24.5 Å². The van der Waals surface area contributed by atoms with Gasteiger partial charge in [-0.1, -0.05) is 6.07 Å². The molecule has 0 aliphatic carbocycles. The fourth-order valence-corrected chi connectivity index (χ4v) is 4.06. The fourth-order valence-electron chi connectivity index (χ4n) is 3.51. The van der Waals surface area contributed by atoms with Gasteiger partial charge in [-0.15, -0.1) is 11.3 Å². The topological polar surface area (TPSA) is 63.9 Å². The summed E-state index contributed by atoms with van der Waals surface area (Å²) in [5.41, 5.74) is 3.87. The molecule has 0 radical (unpaired) electrons. The Bertz CT molecular complexity index is 846. The molecule has 7 heteroatoms. The number of carbonyl (C=O) groups is 1. The summed E-state index contributed by atoms with van der Waals surface area (Å²) in [5.74, 6) is 1.49. The summed E-state index contributed by atoms with van der Waals surface area (Å²) in [6.45, 7) is 2.29. The first-order valence-corrected chi connectivity index (χ1v) is 9.78. The number of thiazole rings is 1. The van der Waals surface area contributed by atoms with Crippen LogP contribution in [0.5, 0.6) is 0 Å². The maximum absolute atomic E-state index is 12.7. The van der Waals surface area contributed by atoms with Crippen LogP contribution in [0.25, 0.3) is 0 Å². The van der Waals surface area contributed by atoms with Crippen molar-refractivity contribution in [3.63, 3.8) is 0 Å². The fraction of sp³-hybridized carbons (Fsp3) is 0.368. The van der Waals surface area contributed by atoms with Crippen LogP contribution in [0.15, 0.2) is 47.8 Å². The van der Waals surface area contributed by atoms with Crippen LogP contribution in [-0.2, 0) is 17.8 Å². The highest BCUT2D eigenvalue weighted by atomic mass is 32.1. The molecule has 6 nitrogen and oxygen atoms in total. The van der Waals surface area contributed by atoms with Crippen molar-refractivity contribution in [2.24, 2.45) is 0 Å². The summed E-state index contributed by atoms with van der Waals surface area (Å²) in [4.78, 5) is 27.7. The summed E-state index contributed by atoms with van der Waals surface area (Å²) in [6, 6.07) is 3.82. The Hall–Kier alpha value is -2.54. The highest BCUT2D eigenvalue weighted by molar-refractivity contribution is 7.07. The van der Waals surface area contributed by atoms with Crippen molar-refractivity contribution >= 4 is 17.2 Å². The molecule has 0 saturated carbocycles. The lowest BCUT2D eigenvalue weighted by Gasteiger charge is -2.32. The molecule has 3 aromatic heterocycles. The van der Waals surface area contributed by atoms with E-state index in [1.54, 1.807) is 23.7 Å². The highest BCUT2D eigenvalue weighted by Gasteiger charge is 2.27. The second kappa shape index (κ2) is 7.78. The van der Waals surface area contributed by atoms with Gasteiger partial charge in [0.2, 0.25) is 5.91 Å². The van der Waals surface area contributed by atoms with Gasteiger partial charge in [0.25, 0.3) is 0 Å². The molecule has 4 rings (SSSR count). The Labute approximate surface area is 156 Å². The standard InChI is InChI=1S/C19H21N5OS/c25-18(9-15-3-1-5-20-10-15)23-7-2-4-16(11-23)19-21-6-8-24(19)12-17-13-26-14-22-17/h1,3,5-6,8,10,13-14,16H,2,4,7,9,11-12H2/t16-/m0/s1. The number of likely N-dealkylation sites (tertiary alicyclic amines) is 1. The maximum Gasteiger partial charge on any atom is 0.227 e. The SMILES string of the molecule is O=C(Cc1cccnc1)N1CCC[C@H](c2nccn2Cc2cscn2)C1. The normalized spacial score (nSPS) is 17.4. The predicted molar refractivity (Wildman–Crippen MR) is 99.9 cm³/mol. The zero-order chi connectivity index (χ0) is 17.8. The number of carbonyl (C=O) groups excluding carboxylic acids is 1. The number of amides is 1. The molecule has 0 bridgehead atoms. The van der Waals surface area contributed by atoms with Gasteiger partial charge in [-0.25, -0.2) is 9.97 Å². The van der Waals surface area contributed by atoms with E-state index in [2.05, 4.69) is 24.9 Å². The van der Waals surface area contributed by atoms with Gasteiger partial charge in [0.1, 0.15) is 5.82 Å². The van der Waals surface area contributed by atoms with Gasteiger partial charge in [0, 0.05) is 49.2 Å². The maximum atomic E-state index is 12.7. The molecule has 0 spiro atoms. The number of hydrogen-bond acceptors (Lipinski definition) is 5. The van der Waals surface area contributed by atoms with E-state index in [0.717, 1.165) is 49.6 Å². The second-order valence-corrected chi connectivity index (χ2v) is 7.33. The molecule has 0 unspecified atom stereocenters. The van der Waals surface area contributed by atoms with Crippen molar-refractivity contribution in [1.82, 2.24) is 24.4 Å². The Morgan fingerprint density at radius 1 is 1.31 bits per heavy atom. The van der Waals surface area contributed by atoms with Crippen molar-refractivity contribution in [3.05, 3.63) is 64.9 Å². The smallest absolute Gasteiger partial charge is 0.227 e. The minimum absolute atomic E-state index is 0.167. The Morgan fingerprint density at radius 2 is 2.27 bits per heavy atom. The van der Waals surface area contributed by atoms with Crippen LogP contribution in [0, 0.1) is 0 Å². The summed E-state index contributed by atoms with van der Waals surface area (Å²) in [7, 11) is 0. The first-order valence-electron chi connectivity index (χ1n) is 8.84. The van der Waals surface area contributed by atoms with Crippen molar-refractivity contribution in [2.45, 2.75) is 31.7 Å². The molecule has 1 amide bonds. The summed E-state index contributed by atoms with van der Waals surface area (Å²) >= 11 is 1.61. The molecule has 1 fully saturated rings. The van der Waals surface area contributed by atoms with Crippen LogP contribution in [0.4, 0.5) is 0 Å². The van der Waals surface area contributed by atoms with E-state index in [9.17, 15) is 4.79 Å². The lowest BCUT2D eigenvalue weighted by molar-refractivity contribution is -0.131. The minimum atomic E-state index is 0.167. The first-order chi connectivity index (χ1) is 12.8. The van der Waals surface area contributed by atoms with Gasteiger partial charge < -0.3 is 9.47 Å². The summed E-state index contributed by atoms with van der Waals surface area (Å²) in [5, 5.41) is 2.06. The van der Waals surface area contributed by atoms with E-state index < -0.39 is 0 Å². The Balaban J connectivity index is 1.44. The molecule has 1 saturated heterocycles. The predicted octanol–water partition coefficient (Wildman–Crippen LogP) is 2.73. The summed E-state index contributed by atoms with van der Waals surface area (Å²) in [6.07, 6.45) is 9.82. The number of piperidine rings is 1. The highest BCUT2D eigenvalue weighted by Crippen LogP contribution is 2.26. The van der Waals surface area contributed by atoms with Gasteiger partial charge in [-0.2, -0.15) is 0 Å². The third-order valence-electron chi connectivity index (χ3n) is 4.78. The van der Waals surface area contributed by atoms with E-state index in [-0.39, 0.29) is 11.8 Å². The van der Waals surface area contributed by atoms with Crippen molar-refractivity contribution in [3.8, 4) is 0 Å². The molecule has 3 aromatic rings. The molecule has 1 aliphatic heterocycles. The van der Waals surface area contributed by atoms with Crippen LogP contribution in [0.3, 0.4) is 0 Å². The van der Waals surface area contributed by atoms with Crippen LogP contribution in [0.2, 0.25) is 0 Å². The molecule has 26 heavy (non-hydrogen) atoms. The number of rotatable bonds is 5. The molecule has 1 aliphatic rings. The molecular weight excluding hydrogens is 346 g/mol. The molecular formula is C19H21N5OS. The van der Waals surface area contributed by atoms with Gasteiger partial charge in [0.15, 0.2) is 0 Å². The van der Waals surface area contributed by atoms with Crippen molar-refractivity contribution in [2.75, 3.05) is 13.1 Å². The lowest BCUT2D eigenvalue weighted by Crippen LogP contribution is -2.40. The quantitative estimate of drug-likeness (QED) is 0.696. The third kappa shape index (κ3) is 3.83. The monoisotopic (exact) mass is 367 g/mol. The van der Waals surface area contributed by atoms with Gasteiger partial charge >= 0.3 is 0 Å². The molecule has 0 N–H and O–H groups in total. The largest absolute Gasteiger partial charge is 0.342 e. The summed E-state index contributed by atoms with van der Waals surface area (Å²) < 4.78 is 2.16. The number of imidazole rings is 1. The number of pyridine rings is 1. The van der Waals surface area contributed by atoms with E-state index in [0.29, 0.717) is 6.42 Å². The number of aromatic nitrogens is 4. The minimum Gasteiger partial charge on any atom is -0.342 e. The van der Waals surface area contributed by atoms with E-state index in [1.165, 1.54) is 0 Å². The second-order valence-electron chi connectivity index (χ2n) is 6.61. The molecule has 1 atom stereocenters. The van der Waals surface area contributed by atoms with E-state index >= 15 is 0 Å². The van der Waals surface area contributed by atoms with Crippen LogP contribution in [-0.4, -0.2) is 43.4 Å². The first kappa shape index (κ1) is 16.9. The zero-order valence-electron chi connectivity index (χ0n) is 14.5. The number of nitrogens with zero attached hydrogens (tertiary/aromatic N) is 5. The number of hydrogen-bond donors (Lipinski definition) is 0. The van der Waals surface area contributed by atoms with Crippen LogP contribution in [0.1, 0.15) is 35.8 Å². The lowest BCUT2D eigenvalue weighted by atomic mass is 9.96. The van der Waals surface area contributed by atoms with E-state index in [4.69, 9.17) is 0 Å². The Kier molecular flexibility index (Phi) is 5.06. The Morgan fingerprint density at radius 3 is 3.08 bits per heavy atom. The molecule has 4 heterocycles.